The third-order valence-electron chi connectivity index (χ3n) is 9.63. The largest absolute Gasteiger partial charge is 0.394 e. The predicted molar refractivity (Wildman–Crippen MR) is 212 cm³/mol. The molecule has 1 rings (SSSR count). The van der Waals surface area contributed by atoms with Gasteiger partial charge in [0.15, 0.2) is 6.29 Å². The highest BCUT2D eigenvalue weighted by atomic mass is 16.7. The Morgan fingerprint density at radius 2 is 1.15 bits per heavy atom. The lowest BCUT2D eigenvalue weighted by molar-refractivity contribution is -0.302. The molecule has 52 heavy (non-hydrogen) atoms. The Hall–Kier alpha value is -1.85. The molecule has 6 N–H and O–H groups in total. The van der Waals surface area contributed by atoms with E-state index in [-0.39, 0.29) is 12.5 Å². The fraction of sp³-hybridized carbons (Fsp3) is 0.791. The summed E-state index contributed by atoms with van der Waals surface area (Å²) in [7, 11) is 0. The topological polar surface area (TPSA) is 149 Å². The van der Waals surface area contributed by atoms with E-state index in [9.17, 15) is 30.3 Å². The number of amides is 1. The minimum atomic E-state index is -1.57. The highest BCUT2D eigenvalue weighted by molar-refractivity contribution is 5.76. The predicted octanol–water partition coefficient (Wildman–Crippen LogP) is 7.89. The summed E-state index contributed by atoms with van der Waals surface area (Å²) in [5.74, 6) is -0.204. The number of carbonyl (C=O) groups excluding carboxylic acids is 1. The van der Waals surface area contributed by atoms with Gasteiger partial charge < -0.3 is 40.3 Å². The van der Waals surface area contributed by atoms with Gasteiger partial charge in [0.1, 0.15) is 24.4 Å². The van der Waals surface area contributed by atoms with Crippen LogP contribution in [-0.4, -0.2) is 87.5 Å². The van der Waals surface area contributed by atoms with Crippen molar-refractivity contribution in [2.75, 3.05) is 13.2 Å². The van der Waals surface area contributed by atoms with Crippen molar-refractivity contribution >= 4 is 5.91 Å². The minimum Gasteiger partial charge on any atom is -0.394 e. The Kier molecular flexibility index (Phi) is 31.2. The van der Waals surface area contributed by atoms with Crippen molar-refractivity contribution in [1.82, 2.24) is 5.32 Å². The van der Waals surface area contributed by atoms with Crippen LogP contribution in [0.4, 0.5) is 0 Å². The van der Waals surface area contributed by atoms with Gasteiger partial charge in [0, 0.05) is 6.42 Å². The smallest absolute Gasteiger partial charge is 0.220 e. The highest BCUT2D eigenvalue weighted by Crippen LogP contribution is 2.22. The zero-order valence-electron chi connectivity index (χ0n) is 32.8. The lowest BCUT2D eigenvalue weighted by Gasteiger charge is -2.40. The third kappa shape index (κ3) is 24.5. The van der Waals surface area contributed by atoms with Gasteiger partial charge in [-0.3, -0.25) is 4.79 Å². The average Bonchev–Trinajstić information content (AvgIpc) is 3.14. The minimum absolute atomic E-state index is 0.204. The van der Waals surface area contributed by atoms with E-state index in [0.29, 0.717) is 6.42 Å². The van der Waals surface area contributed by atoms with E-state index in [1.807, 2.05) is 6.08 Å². The van der Waals surface area contributed by atoms with Crippen molar-refractivity contribution in [1.29, 1.82) is 0 Å². The summed E-state index contributed by atoms with van der Waals surface area (Å²) >= 11 is 0. The van der Waals surface area contributed by atoms with Crippen LogP contribution in [0.3, 0.4) is 0 Å². The molecule has 1 amide bonds. The normalized spacial score (nSPS) is 22.3. The molecule has 0 aromatic heterocycles. The maximum Gasteiger partial charge on any atom is 0.220 e. The van der Waals surface area contributed by atoms with Crippen molar-refractivity contribution in [3.63, 3.8) is 0 Å². The van der Waals surface area contributed by atoms with E-state index in [1.54, 1.807) is 6.08 Å². The van der Waals surface area contributed by atoms with Gasteiger partial charge in [-0.05, 0) is 64.2 Å². The Labute approximate surface area is 316 Å². The van der Waals surface area contributed by atoms with Crippen LogP contribution >= 0.6 is 0 Å². The standard InChI is InChI=1S/C43H77NO8/c1-3-5-7-9-11-13-15-17-19-21-23-25-27-29-31-33-39(47)44-36(35-51-43-42(50)41(49)40(48)38(34-45)52-43)37(46)32-30-28-26-24-22-20-18-16-14-12-10-8-6-4-2/h11,13,17,19,22,24,30,32,36-38,40-43,45-46,48-50H,3-10,12,14-16,18,20-21,23,25-29,31,33-35H2,1-2H3,(H,44,47)/b13-11+,19-17+,24-22+,32-30+/t36-,37+,38-,40-,41?,42?,43-/m0/s1. The maximum absolute atomic E-state index is 12.9. The zero-order valence-corrected chi connectivity index (χ0v) is 32.8. The summed E-state index contributed by atoms with van der Waals surface area (Å²) in [6, 6.07) is -0.827. The number of carbonyl (C=O) groups is 1. The van der Waals surface area contributed by atoms with E-state index >= 15 is 0 Å². The summed E-state index contributed by atoms with van der Waals surface area (Å²) in [6.07, 6.45) is 34.3. The molecule has 0 bridgehead atoms. The average molecular weight is 736 g/mol. The van der Waals surface area contributed by atoms with E-state index in [2.05, 4.69) is 55.6 Å². The Morgan fingerprint density at radius 3 is 1.77 bits per heavy atom. The molecule has 0 aromatic rings. The number of ether oxygens (including phenoxy) is 2. The van der Waals surface area contributed by atoms with Gasteiger partial charge in [0.05, 0.1) is 25.4 Å². The Bertz CT molecular complexity index is 951. The summed E-state index contributed by atoms with van der Waals surface area (Å²) < 4.78 is 11.2. The highest BCUT2D eigenvalue weighted by Gasteiger charge is 2.44. The van der Waals surface area contributed by atoms with Gasteiger partial charge in [-0.25, -0.2) is 0 Å². The van der Waals surface area contributed by atoms with Crippen LogP contribution in [0.2, 0.25) is 0 Å². The molecule has 9 nitrogen and oxygen atoms in total. The SMILES string of the molecule is CCCCC/C=C/C/C=C/CCCCCCCC(=O)N[C@@H](CO[C@H]1O[C@@H](CO)[C@H](O)C(O)C1O)[C@H](O)/C=C/CC/C=C/CCCCCCCCCC. The number of unbranched alkanes of at least 4 members (excludes halogenated alkanes) is 17. The third-order valence-corrected chi connectivity index (χ3v) is 9.63. The van der Waals surface area contributed by atoms with Crippen LogP contribution in [0, 0.1) is 0 Å². The number of hydrogen-bond donors (Lipinski definition) is 6. The molecular formula is C43H77NO8. The zero-order chi connectivity index (χ0) is 38.1. The second-order valence-corrected chi connectivity index (χ2v) is 14.4. The monoisotopic (exact) mass is 736 g/mol. The number of hydrogen-bond acceptors (Lipinski definition) is 8. The molecule has 0 radical (unpaired) electrons. The molecule has 302 valence electrons. The molecule has 0 aromatic carbocycles. The summed E-state index contributed by atoms with van der Waals surface area (Å²) in [6.45, 7) is 3.69. The Balaban J connectivity index is 2.46. The van der Waals surface area contributed by atoms with Crippen LogP contribution in [0.5, 0.6) is 0 Å². The molecule has 0 saturated carbocycles. The Morgan fingerprint density at radius 1 is 0.654 bits per heavy atom. The first-order valence-electron chi connectivity index (χ1n) is 20.9. The first-order chi connectivity index (χ1) is 25.3. The van der Waals surface area contributed by atoms with E-state index in [1.165, 1.54) is 77.0 Å². The lowest BCUT2D eigenvalue weighted by atomic mass is 9.99. The number of nitrogens with one attached hydrogen (secondary N) is 1. The van der Waals surface area contributed by atoms with Crippen LogP contribution in [0.15, 0.2) is 48.6 Å². The molecule has 0 spiro atoms. The van der Waals surface area contributed by atoms with E-state index in [4.69, 9.17) is 9.47 Å². The molecule has 1 aliphatic rings. The molecule has 1 heterocycles. The van der Waals surface area contributed by atoms with Gasteiger partial charge in [-0.2, -0.15) is 0 Å². The summed E-state index contributed by atoms with van der Waals surface area (Å²) in [5.41, 5.74) is 0. The van der Waals surface area contributed by atoms with Gasteiger partial charge >= 0.3 is 0 Å². The lowest BCUT2D eigenvalue weighted by Crippen LogP contribution is -2.60. The molecular weight excluding hydrogens is 658 g/mol. The fourth-order valence-corrected chi connectivity index (χ4v) is 6.20. The van der Waals surface area contributed by atoms with Gasteiger partial charge in [-0.15, -0.1) is 0 Å². The molecule has 9 heteroatoms. The number of aliphatic hydroxyl groups is 5. The van der Waals surface area contributed by atoms with Crippen LogP contribution < -0.4 is 5.32 Å². The van der Waals surface area contributed by atoms with Crippen LogP contribution in [0.1, 0.15) is 162 Å². The second-order valence-electron chi connectivity index (χ2n) is 14.4. The van der Waals surface area contributed by atoms with Crippen LogP contribution in [0.25, 0.3) is 0 Å². The van der Waals surface area contributed by atoms with Crippen molar-refractivity contribution in [3.05, 3.63) is 48.6 Å². The molecule has 1 fully saturated rings. The number of rotatable bonds is 33. The maximum atomic E-state index is 12.9. The van der Waals surface area contributed by atoms with Crippen LogP contribution in [-0.2, 0) is 14.3 Å². The van der Waals surface area contributed by atoms with Gasteiger partial charge in [-0.1, -0.05) is 140 Å². The number of allylic oxidation sites excluding steroid dienone is 7. The first kappa shape index (κ1) is 48.2. The quantitative estimate of drug-likeness (QED) is 0.0295. The van der Waals surface area contributed by atoms with E-state index in [0.717, 1.165) is 64.2 Å². The second kappa shape index (κ2) is 33.7. The fourth-order valence-electron chi connectivity index (χ4n) is 6.20. The van der Waals surface area contributed by atoms with Gasteiger partial charge in [0.25, 0.3) is 0 Å². The molecule has 1 saturated heterocycles. The molecule has 1 aliphatic heterocycles. The number of aliphatic hydroxyl groups excluding tert-OH is 5. The van der Waals surface area contributed by atoms with Crippen molar-refractivity contribution in [2.45, 2.75) is 204 Å². The van der Waals surface area contributed by atoms with Gasteiger partial charge in [0.2, 0.25) is 5.91 Å². The summed E-state index contributed by atoms with van der Waals surface area (Å²) in [5, 5.41) is 54.0. The molecule has 7 atom stereocenters. The van der Waals surface area contributed by atoms with Crippen molar-refractivity contribution in [3.8, 4) is 0 Å². The molecule has 0 aliphatic carbocycles. The summed E-state index contributed by atoms with van der Waals surface area (Å²) in [4.78, 5) is 12.9. The molecule has 2 unspecified atom stereocenters. The van der Waals surface area contributed by atoms with Crippen molar-refractivity contribution < 1.29 is 39.8 Å². The first-order valence-corrected chi connectivity index (χ1v) is 20.9. The van der Waals surface area contributed by atoms with Crippen molar-refractivity contribution in [2.24, 2.45) is 0 Å². The van der Waals surface area contributed by atoms with E-state index < -0.39 is 49.5 Å².